The summed E-state index contributed by atoms with van der Waals surface area (Å²) in [6, 6.07) is 14.5. The van der Waals surface area contributed by atoms with Gasteiger partial charge in [-0.1, -0.05) is 63.2 Å². The Labute approximate surface area is 143 Å². The molecule has 3 aromatic rings. The van der Waals surface area contributed by atoms with E-state index in [4.69, 9.17) is 0 Å². The van der Waals surface area contributed by atoms with Crippen molar-refractivity contribution in [1.29, 1.82) is 0 Å². The summed E-state index contributed by atoms with van der Waals surface area (Å²) in [5, 5.41) is 12.9. The Kier molecular flexibility index (Phi) is 4.22. The van der Waals surface area contributed by atoms with E-state index in [9.17, 15) is 0 Å². The SMILES string of the molecule is Cc1cc(C(C)(C)C)cc(C)c1Cn1nnc(-c2ccccc2)n1. The molecule has 0 unspecified atom stereocenters. The Hall–Kier alpha value is -2.49. The summed E-state index contributed by atoms with van der Waals surface area (Å²) in [6.45, 7) is 11.7. The van der Waals surface area contributed by atoms with E-state index in [1.54, 1.807) is 4.80 Å². The van der Waals surface area contributed by atoms with Gasteiger partial charge in [0.1, 0.15) is 0 Å². The Morgan fingerprint density at radius 1 is 0.958 bits per heavy atom. The van der Waals surface area contributed by atoms with Gasteiger partial charge >= 0.3 is 0 Å². The minimum atomic E-state index is 0.153. The van der Waals surface area contributed by atoms with Gasteiger partial charge in [0.05, 0.1) is 6.54 Å². The maximum absolute atomic E-state index is 4.52. The largest absolute Gasteiger partial charge is 0.204 e. The molecule has 0 N–H and O–H groups in total. The van der Waals surface area contributed by atoms with Gasteiger partial charge in [-0.25, -0.2) is 0 Å². The molecule has 0 fully saturated rings. The van der Waals surface area contributed by atoms with E-state index >= 15 is 0 Å². The first-order chi connectivity index (χ1) is 11.3. The van der Waals surface area contributed by atoms with Crippen molar-refractivity contribution in [3.05, 3.63) is 64.7 Å². The number of hydrogen-bond donors (Lipinski definition) is 0. The highest BCUT2D eigenvalue weighted by molar-refractivity contribution is 5.53. The fraction of sp³-hybridized carbons (Fsp3) is 0.350. The van der Waals surface area contributed by atoms with Crippen LogP contribution >= 0.6 is 0 Å². The lowest BCUT2D eigenvalue weighted by atomic mass is 9.84. The first kappa shape index (κ1) is 16.4. The average molecular weight is 320 g/mol. The monoisotopic (exact) mass is 320 g/mol. The summed E-state index contributed by atoms with van der Waals surface area (Å²) in [6.07, 6.45) is 0. The lowest BCUT2D eigenvalue weighted by Gasteiger charge is -2.22. The van der Waals surface area contributed by atoms with Gasteiger partial charge in [-0.15, -0.1) is 10.2 Å². The molecule has 3 rings (SSSR count). The molecule has 0 aliphatic heterocycles. The standard InChI is InChI=1S/C20H24N4/c1-14-11-17(20(3,4)5)12-15(2)18(14)13-24-22-19(21-23-24)16-9-7-6-8-10-16/h6-12H,13H2,1-5H3. The summed E-state index contributed by atoms with van der Waals surface area (Å²) in [7, 11) is 0. The van der Waals surface area contributed by atoms with E-state index in [0.29, 0.717) is 12.4 Å². The topological polar surface area (TPSA) is 43.6 Å². The highest BCUT2D eigenvalue weighted by Gasteiger charge is 2.17. The van der Waals surface area contributed by atoms with Crippen LogP contribution in [0.2, 0.25) is 0 Å². The number of aromatic nitrogens is 4. The molecule has 4 heteroatoms. The first-order valence-electron chi connectivity index (χ1n) is 8.28. The molecule has 0 saturated heterocycles. The van der Waals surface area contributed by atoms with Crippen LogP contribution in [0, 0.1) is 13.8 Å². The second-order valence-corrected chi connectivity index (χ2v) is 7.35. The molecule has 24 heavy (non-hydrogen) atoms. The van der Waals surface area contributed by atoms with Gasteiger partial charge < -0.3 is 0 Å². The van der Waals surface area contributed by atoms with Crippen LogP contribution < -0.4 is 0 Å². The predicted octanol–water partition coefficient (Wildman–Crippen LogP) is 4.30. The van der Waals surface area contributed by atoms with E-state index in [1.165, 1.54) is 22.3 Å². The third-order valence-electron chi connectivity index (χ3n) is 4.35. The Balaban J connectivity index is 1.88. The van der Waals surface area contributed by atoms with Crippen LogP contribution in [0.4, 0.5) is 0 Å². The van der Waals surface area contributed by atoms with Crippen molar-refractivity contribution in [1.82, 2.24) is 20.2 Å². The van der Waals surface area contributed by atoms with Gasteiger partial charge in [0, 0.05) is 5.56 Å². The van der Waals surface area contributed by atoms with Gasteiger partial charge in [0.15, 0.2) is 0 Å². The molecule has 0 aliphatic carbocycles. The van der Waals surface area contributed by atoms with E-state index in [2.05, 4.69) is 62.2 Å². The fourth-order valence-corrected chi connectivity index (χ4v) is 2.83. The minimum Gasteiger partial charge on any atom is -0.159 e. The maximum Gasteiger partial charge on any atom is 0.204 e. The van der Waals surface area contributed by atoms with Gasteiger partial charge in [0.25, 0.3) is 0 Å². The highest BCUT2D eigenvalue weighted by Crippen LogP contribution is 2.27. The van der Waals surface area contributed by atoms with Crippen LogP contribution in [-0.4, -0.2) is 20.2 Å². The summed E-state index contributed by atoms with van der Waals surface area (Å²) in [5.41, 5.74) is 6.31. The average Bonchev–Trinajstić information content (AvgIpc) is 2.99. The molecule has 124 valence electrons. The van der Waals surface area contributed by atoms with E-state index in [-0.39, 0.29) is 5.41 Å². The van der Waals surface area contributed by atoms with Crippen LogP contribution in [0.5, 0.6) is 0 Å². The minimum absolute atomic E-state index is 0.153. The molecular weight excluding hydrogens is 296 g/mol. The van der Waals surface area contributed by atoms with Crippen molar-refractivity contribution in [3.63, 3.8) is 0 Å². The summed E-state index contributed by atoms with van der Waals surface area (Å²) < 4.78 is 0. The lowest BCUT2D eigenvalue weighted by Crippen LogP contribution is -2.14. The van der Waals surface area contributed by atoms with Gasteiger partial charge in [-0.05, 0) is 46.7 Å². The van der Waals surface area contributed by atoms with Crippen molar-refractivity contribution in [3.8, 4) is 11.4 Å². The van der Waals surface area contributed by atoms with E-state index < -0.39 is 0 Å². The Morgan fingerprint density at radius 2 is 1.58 bits per heavy atom. The molecule has 1 aromatic heterocycles. The fourth-order valence-electron chi connectivity index (χ4n) is 2.83. The summed E-state index contributed by atoms with van der Waals surface area (Å²) in [5.74, 6) is 0.664. The molecule has 0 aliphatic rings. The molecule has 2 aromatic carbocycles. The van der Waals surface area contributed by atoms with Crippen LogP contribution in [0.3, 0.4) is 0 Å². The summed E-state index contributed by atoms with van der Waals surface area (Å²) in [4.78, 5) is 1.68. The molecule has 4 nitrogen and oxygen atoms in total. The smallest absolute Gasteiger partial charge is 0.159 e. The maximum atomic E-state index is 4.52. The second kappa shape index (κ2) is 6.19. The van der Waals surface area contributed by atoms with Crippen molar-refractivity contribution in [2.75, 3.05) is 0 Å². The highest BCUT2D eigenvalue weighted by atomic mass is 15.6. The number of hydrogen-bond acceptors (Lipinski definition) is 3. The van der Waals surface area contributed by atoms with Crippen molar-refractivity contribution >= 4 is 0 Å². The molecule has 0 bridgehead atoms. The van der Waals surface area contributed by atoms with Crippen LogP contribution in [0.25, 0.3) is 11.4 Å². The zero-order chi connectivity index (χ0) is 17.3. The Morgan fingerprint density at radius 3 is 2.17 bits per heavy atom. The van der Waals surface area contributed by atoms with Gasteiger partial charge in [0.2, 0.25) is 5.82 Å². The molecule has 0 saturated carbocycles. The van der Waals surface area contributed by atoms with Crippen molar-refractivity contribution in [2.24, 2.45) is 0 Å². The van der Waals surface area contributed by atoms with Gasteiger partial charge in [-0.3, -0.25) is 0 Å². The molecular formula is C20H24N4. The third kappa shape index (κ3) is 3.37. The normalized spacial score (nSPS) is 11.7. The zero-order valence-electron chi connectivity index (χ0n) is 15.0. The van der Waals surface area contributed by atoms with Gasteiger partial charge in [-0.2, -0.15) is 4.80 Å². The third-order valence-corrected chi connectivity index (χ3v) is 4.35. The number of aryl methyl sites for hydroxylation is 2. The zero-order valence-corrected chi connectivity index (χ0v) is 15.0. The molecule has 0 atom stereocenters. The van der Waals surface area contributed by atoms with Crippen molar-refractivity contribution < 1.29 is 0 Å². The van der Waals surface area contributed by atoms with Crippen LogP contribution in [0.15, 0.2) is 42.5 Å². The molecule has 0 amide bonds. The second-order valence-electron chi connectivity index (χ2n) is 7.35. The first-order valence-corrected chi connectivity index (χ1v) is 8.28. The summed E-state index contributed by atoms with van der Waals surface area (Å²) >= 11 is 0. The molecule has 0 spiro atoms. The van der Waals surface area contributed by atoms with Crippen LogP contribution in [-0.2, 0) is 12.0 Å². The number of tetrazole rings is 1. The van der Waals surface area contributed by atoms with E-state index in [1.807, 2.05) is 30.3 Å². The van der Waals surface area contributed by atoms with Crippen molar-refractivity contribution in [2.45, 2.75) is 46.6 Å². The lowest BCUT2D eigenvalue weighted by molar-refractivity contribution is 0.565. The number of rotatable bonds is 3. The number of benzene rings is 2. The molecule has 1 heterocycles. The molecule has 0 radical (unpaired) electrons. The number of nitrogens with zero attached hydrogens (tertiary/aromatic N) is 4. The van der Waals surface area contributed by atoms with Crippen LogP contribution in [0.1, 0.15) is 43.0 Å². The predicted molar refractivity (Wildman–Crippen MR) is 97.0 cm³/mol. The van der Waals surface area contributed by atoms with E-state index in [0.717, 1.165) is 5.56 Å². The Bertz CT molecular complexity index is 819. The quantitative estimate of drug-likeness (QED) is 0.722.